The molecule has 2 fully saturated rings. The van der Waals surface area contributed by atoms with Crippen molar-refractivity contribution in [2.45, 2.75) is 50.8 Å². The van der Waals surface area contributed by atoms with Gasteiger partial charge in [0.05, 0.1) is 12.3 Å². The number of nitro benzene ring substituents is 1. The van der Waals surface area contributed by atoms with E-state index in [2.05, 4.69) is 50.8 Å². The number of sulfonamides is 1. The summed E-state index contributed by atoms with van der Waals surface area (Å²) in [6.45, 7) is 12.9. The summed E-state index contributed by atoms with van der Waals surface area (Å²) in [6, 6.07) is 20.9. The average Bonchev–Trinajstić information content (AvgIpc) is 3.67. The zero-order valence-corrected chi connectivity index (χ0v) is 41.2. The van der Waals surface area contributed by atoms with E-state index in [4.69, 9.17) is 25.8 Å². The van der Waals surface area contributed by atoms with E-state index in [0.29, 0.717) is 62.2 Å². The number of benzene rings is 3. The molecule has 0 bridgehead atoms. The quantitative estimate of drug-likeness (QED) is 0.0500. The SMILES string of the molecule is CC1(C)CCC(CN2CCN(c3ccc(C(=O)NS(=O)(=O)c4ccc(NCCN5CCCO[PH]5(C)O)c([N+](=O)[O-])c4)c(N4CCCOc5nc6[nH]ccc6cc54)c3)CC2)=C(c2ccc(Cl)cc2)C1. The number of H-pyrrole nitrogens is 1. The molecule has 3 aliphatic heterocycles. The summed E-state index contributed by atoms with van der Waals surface area (Å²) >= 11 is 6.27. The van der Waals surface area contributed by atoms with Gasteiger partial charge in [0.2, 0.25) is 5.88 Å². The predicted molar refractivity (Wildman–Crippen MR) is 269 cm³/mol. The van der Waals surface area contributed by atoms with Gasteiger partial charge in [-0.15, -0.1) is 0 Å². The minimum atomic E-state index is -4.62. The van der Waals surface area contributed by atoms with Crippen LogP contribution in [-0.2, 0) is 14.5 Å². The first-order valence-electron chi connectivity index (χ1n) is 23.2. The number of nitro groups is 1. The van der Waals surface area contributed by atoms with Crippen LogP contribution in [0.4, 0.5) is 28.4 Å². The summed E-state index contributed by atoms with van der Waals surface area (Å²) in [6.07, 6.45) is 6.32. The summed E-state index contributed by atoms with van der Waals surface area (Å²) < 4.78 is 43.8. The third kappa shape index (κ3) is 10.5. The number of allylic oxidation sites excluding steroid dienone is 1. The van der Waals surface area contributed by atoms with Gasteiger partial charge in [0.1, 0.15) is 11.3 Å². The number of carbonyl (C=O) groups excluding carboxylic acids is 1. The van der Waals surface area contributed by atoms with Gasteiger partial charge in [0, 0.05) is 61.6 Å². The molecule has 17 nitrogen and oxygen atoms in total. The fraction of sp³-hybridized carbons (Fsp3) is 0.417. The Morgan fingerprint density at radius 1 is 0.985 bits per heavy atom. The molecule has 5 aromatic rings. The third-order valence-corrected chi connectivity index (χ3v) is 17.5. The van der Waals surface area contributed by atoms with E-state index in [1.54, 1.807) is 18.9 Å². The number of amides is 1. The van der Waals surface area contributed by atoms with Gasteiger partial charge in [-0.2, -0.15) is 4.98 Å². The van der Waals surface area contributed by atoms with Crippen LogP contribution in [0.25, 0.3) is 16.6 Å². The molecule has 0 atom stereocenters. The molecule has 68 heavy (non-hydrogen) atoms. The minimum absolute atomic E-state index is 0.0915. The van der Waals surface area contributed by atoms with Crippen molar-refractivity contribution in [3.8, 4) is 5.88 Å². The molecule has 4 N–H and O–H groups in total. The van der Waals surface area contributed by atoms with Crippen LogP contribution in [0.2, 0.25) is 5.02 Å². The molecule has 0 radical (unpaired) electrons. The molecular weight excluding hydrogens is 929 g/mol. The largest absolute Gasteiger partial charge is 0.476 e. The van der Waals surface area contributed by atoms with Crippen LogP contribution < -0.4 is 24.6 Å². The summed E-state index contributed by atoms with van der Waals surface area (Å²) in [4.78, 5) is 50.9. The maximum Gasteiger partial charge on any atom is 0.239 e. The second kappa shape index (κ2) is 19.6. The molecule has 0 unspecified atom stereocenters. The number of carbonyl (C=O) groups is 1. The second-order valence-corrected chi connectivity index (χ2v) is 23.8. The van der Waals surface area contributed by atoms with Crippen LogP contribution in [0.1, 0.15) is 61.9 Å². The van der Waals surface area contributed by atoms with Crippen molar-refractivity contribution in [2.75, 3.05) is 93.9 Å². The zero-order valence-electron chi connectivity index (χ0n) is 38.6. The minimum Gasteiger partial charge on any atom is -0.476 e. The topological polar surface area (TPSA) is 199 Å². The molecule has 5 heterocycles. The van der Waals surface area contributed by atoms with Crippen molar-refractivity contribution in [3.05, 3.63) is 111 Å². The van der Waals surface area contributed by atoms with Crippen LogP contribution in [-0.4, -0.2) is 122 Å². The molecule has 20 heteroatoms. The Morgan fingerprint density at radius 3 is 2.53 bits per heavy atom. The number of aromatic nitrogens is 2. The molecule has 362 valence electrons. The van der Waals surface area contributed by atoms with Crippen LogP contribution in [0.15, 0.2) is 89.5 Å². The third-order valence-electron chi connectivity index (χ3n) is 13.5. The van der Waals surface area contributed by atoms with Gasteiger partial charge in [-0.3, -0.25) is 4.90 Å². The Balaban J connectivity index is 0.971. The fourth-order valence-corrected chi connectivity index (χ4v) is 12.7. The molecule has 3 aromatic carbocycles. The maximum absolute atomic E-state index is 14.4. The maximum atomic E-state index is 14.4. The van der Waals surface area contributed by atoms with Crippen molar-refractivity contribution in [1.29, 1.82) is 0 Å². The molecule has 9 rings (SSSR count). The van der Waals surface area contributed by atoms with E-state index in [1.165, 1.54) is 28.8 Å². The number of ether oxygens (including phenoxy) is 1. The molecule has 1 aliphatic carbocycles. The first-order chi connectivity index (χ1) is 32.5. The average molecular weight is 989 g/mol. The molecule has 1 amide bonds. The van der Waals surface area contributed by atoms with Gasteiger partial charge in [-0.25, -0.2) is 0 Å². The number of hydrogen-bond acceptors (Lipinski definition) is 14. The number of nitrogens with one attached hydrogen (secondary N) is 3. The van der Waals surface area contributed by atoms with E-state index in [-0.39, 0.29) is 23.2 Å². The van der Waals surface area contributed by atoms with Gasteiger partial charge in [-0.05, 0) is 84.7 Å². The van der Waals surface area contributed by atoms with Gasteiger partial charge >= 0.3 is 156 Å². The van der Waals surface area contributed by atoms with E-state index in [9.17, 15) is 28.2 Å². The number of hydrogen-bond donors (Lipinski definition) is 4. The van der Waals surface area contributed by atoms with Crippen LogP contribution in [0, 0.1) is 15.5 Å². The number of aromatic amines is 1. The Morgan fingerprint density at radius 2 is 1.76 bits per heavy atom. The molecule has 4 aliphatic rings. The fourth-order valence-electron chi connectivity index (χ4n) is 9.73. The number of halogens is 1. The summed E-state index contributed by atoms with van der Waals surface area (Å²) in [5.74, 6) is -0.518. The van der Waals surface area contributed by atoms with Crippen LogP contribution in [0.5, 0.6) is 5.88 Å². The van der Waals surface area contributed by atoms with Gasteiger partial charge in [0.25, 0.3) is 0 Å². The first-order valence-corrected chi connectivity index (χ1v) is 27.4. The van der Waals surface area contributed by atoms with E-state index in [1.807, 2.05) is 46.0 Å². The Kier molecular flexibility index (Phi) is 13.7. The molecular formula is C48H59ClN9O8PS. The number of nitrogens with zero attached hydrogens (tertiary/aromatic N) is 6. The normalized spacial score (nSPS) is 19.5. The number of pyridine rings is 1. The van der Waals surface area contributed by atoms with Crippen molar-refractivity contribution in [2.24, 2.45) is 5.41 Å². The van der Waals surface area contributed by atoms with Crippen LogP contribution >= 0.6 is 19.5 Å². The smallest absolute Gasteiger partial charge is 0.239 e. The standard InChI is InChI=1S/C48H59ClN9O8PS/c1-48(2)16-14-35(40(31-48)33-6-8-36(49)9-7-33)32-54-22-24-55(25-23-54)37-10-12-39(42(29-37)57-20-5-26-65-47-44(57)28-34-15-17-51-45(34)52-47)46(59)53-68(63,64)38-11-13-41(43(30-38)58(60)61)50-18-21-56-19-4-27-66-67(56,3)62/h6-13,15,17,28-30,50,62,67H,4-5,14,16,18-27,31-32H2,1-3H3,(H,51,52)(H,53,59). The Hall–Kier alpha value is -5.33. The van der Waals surface area contributed by atoms with Crippen molar-refractivity contribution in [3.63, 3.8) is 0 Å². The van der Waals surface area contributed by atoms with E-state index >= 15 is 0 Å². The Labute approximate surface area is 402 Å². The first kappa shape index (κ1) is 47.7. The van der Waals surface area contributed by atoms with E-state index in [0.717, 1.165) is 80.6 Å². The number of rotatable bonds is 13. The predicted octanol–water partition coefficient (Wildman–Crippen LogP) is 8.20. The van der Waals surface area contributed by atoms with Gasteiger partial charge < -0.3 is 19.5 Å². The zero-order chi connectivity index (χ0) is 47.8. The van der Waals surface area contributed by atoms with Gasteiger partial charge in [-0.1, -0.05) is 43.2 Å². The number of piperazine rings is 1. The van der Waals surface area contributed by atoms with E-state index < -0.39 is 39.3 Å². The molecule has 0 saturated carbocycles. The van der Waals surface area contributed by atoms with Crippen molar-refractivity contribution >= 4 is 80.4 Å². The number of fused-ring (bicyclic) bond motifs is 2. The van der Waals surface area contributed by atoms with Crippen molar-refractivity contribution < 1.29 is 32.3 Å². The summed E-state index contributed by atoms with van der Waals surface area (Å²) in [5, 5.41) is 16.9. The molecule has 2 aromatic heterocycles. The number of anilines is 4. The second-order valence-electron chi connectivity index (χ2n) is 18.9. The van der Waals surface area contributed by atoms with Crippen LogP contribution in [0.3, 0.4) is 0 Å². The molecule has 0 spiro atoms. The summed E-state index contributed by atoms with van der Waals surface area (Å²) in [7, 11) is -7.65. The Bertz CT molecular complexity index is 2850. The van der Waals surface area contributed by atoms with Gasteiger partial charge in [0.15, 0.2) is 0 Å². The summed E-state index contributed by atoms with van der Waals surface area (Å²) in [5.41, 5.74) is 6.66. The molecule has 2 saturated heterocycles. The van der Waals surface area contributed by atoms with Crippen molar-refractivity contribution in [1.82, 2.24) is 24.3 Å². The monoisotopic (exact) mass is 987 g/mol.